The standard InChI is InChI=1S/C6H18N3OP.C6H16NO2S.C2H5NO2/c1-7(2)11(10,8(3)4)9(5)6;1-4-7(5-2,6-3)10(8)9;1-5-2(3)4/h1-6H3;10H,4-6H2,1-3H3;1H3,(H2,3,4)/q;+1;. The Kier molecular flexibility index (Phi) is 16.6. The van der Waals surface area contributed by atoms with Gasteiger partial charge in [0, 0.05) is 0 Å². The monoisotopic (exact) mass is 420 g/mol. The van der Waals surface area contributed by atoms with E-state index in [4.69, 9.17) is 0 Å². The SMILES string of the molecule is CC[N+](CC)(CC)[SH](=O)=O.CN(C)P(=O)(N(C)C)N(C)C.COC(N)=O. The van der Waals surface area contributed by atoms with E-state index in [1.54, 1.807) is 14.0 Å². The molecule has 12 heteroatoms. The molecule has 0 aromatic heterocycles. The third-order valence-electron chi connectivity index (χ3n) is 3.88. The second-order valence-corrected chi connectivity index (χ2v) is 10.6. The van der Waals surface area contributed by atoms with E-state index in [2.05, 4.69) is 10.5 Å². The second-order valence-electron chi connectivity index (χ2n) is 5.86. The number of hydrogen-bond acceptors (Lipinski definition) is 5. The Morgan fingerprint density at radius 3 is 1.15 bits per heavy atom. The number of carbonyl (C=O) groups excluding carboxylic acids is 1. The van der Waals surface area contributed by atoms with Crippen molar-refractivity contribution >= 4 is 24.6 Å². The predicted octanol–water partition coefficient (Wildman–Crippen LogP) is 0.880. The summed E-state index contributed by atoms with van der Waals surface area (Å²) in [5.74, 6) is 0. The molecule has 0 rings (SSSR count). The lowest BCUT2D eigenvalue weighted by Crippen LogP contribution is -2.45. The van der Waals surface area contributed by atoms with Crippen LogP contribution in [0.4, 0.5) is 4.79 Å². The molecule has 2 N–H and O–H groups in total. The van der Waals surface area contributed by atoms with Crippen molar-refractivity contribution in [1.29, 1.82) is 0 Å². The Morgan fingerprint density at radius 1 is 0.923 bits per heavy atom. The lowest BCUT2D eigenvalue weighted by Gasteiger charge is -2.34. The number of amides is 1. The summed E-state index contributed by atoms with van der Waals surface area (Å²) in [6.45, 7) is 7.72. The number of ether oxygens (including phenoxy) is 1. The van der Waals surface area contributed by atoms with Crippen LogP contribution in [0.2, 0.25) is 0 Å². The van der Waals surface area contributed by atoms with E-state index in [-0.39, 0.29) is 3.89 Å². The summed E-state index contributed by atoms with van der Waals surface area (Å²) in [5.41, 5.74) is 4.43. The van der Waals surface area contributed by atoms with Crippen LogP contribution in [0.1, 0.15) is 20.8 Å². The molecule has 0 aromatic carbocycles. The van der Waals surface area contributed by atoms with Gasteiger partial charge in [-0.3, -0.25) is 4.57 Å². The zero-order valence-corrected chi connectivity index (χ0v) is 19.7. The molecule has 0 atom stereocenters. The van der Waals surface area contributed by atoms with E-state index >= 15 is 0 Å². The summed E-state index contributed by atoms with van der Waals surface area (Å²) in [6, 6.07) is 0. The van der Waals surface area contributed by atoms with Gasteiger partial charge in [-0.2, -0.15) is 8.42 Å². The Balaban J connectivity index is -0.000000327. The molecule has 0 aliphatic rings. The number of rotatable bonds is 7. The van der Waals surface area contributed by atoms with Crippen LogP contribution in [0.25, 0.3) is 0 Å². The molecule has 0 aromatic rings. The minimum Gasteiger partial charge on any atom is -0.453 e. The zero-order valence-electron chi connectivity index (χ0n) is 17.9. The van der Waals surface area contributed by atoms with Gasteiger partial charge in [0.1, 0.15) is 0 Å². The molecule has 26 heavy (non-hydrogen) atoms. The lowest BCUT2D eigenvalue weighted by molar-refractivity contribution is -0.796. The third-order valence-corrected chi connectivity index (χ3v) is 8.54. The minimum atomic E-state index is -2.44. The van der Waals surface area contributed by atoms with Crippen LogP contribution >= 0.6 is 7.59 Å². The molecule has 0 aliphatic heterocycles. The van der Waals surface area contributed by atoms with Gasteiger partial charge in [0.2, 0.25) is 0 Å². The van der Waals surface area contributed by atoms with Crippen LogP contribution < -0.4 is 5.73 Å². The van der Waals surface area contributed by atoms with Gasteiger partial charge in [-0.05, 0) is 63.1 Å². The summed E-state index contributed by atoms with van der Waals surface area (Å²) < 4.78 is 42.9. The predicted molar refractivity (Wildman–Crippen MR) is 107 cm³/mol. The molecule has 0 saturated carbocycles. The molecule has 0 unspecified atom stereocenters. The molecular formula is C14H39N5O5PS+. The highest BCUT2D eigenvalue weighted by Gasteiger charge is 2.30. The van der Waals surface area contributed by atoms with Crippen molar-refractivity contribution in [1.82, 2.24) is 14.0 Å². The van der Waals surface area contributed by atoms with Gasteiger partial charge in [0.05, 0.1) is 26.7 Å². The first-order valence-electron chi connectivity index (χ1n) is 8.21. The van der Waals surface area contributed by atoms with Gasteiger partial charge in [0.15, 0.2) is 0 Å². The molecule has 0 heterocycles. The van der Waals surface area contributed by atoms with Crippen molar-refractivity contribution in [3.05, 3.63) is 0 Å². The number of quaternary nitrogens is 1. The maximum absolute atomic E-state index is 12.1. The van der Waals surface area contributed by atoms with E-state index in [0.29, 0.717) is 19.6 Å². The van der Waals surface area contributed by atoms with Crippen molar-refractivity contribution < 1.29 is 26.4 Å². The van der Waals surface area contributed by atoms with E-state index in [1.807, 2.05) is 63.1 Å². The Bertz CT molecular complexity index is 463. The number of carbonyl (C=O) groups is 1. The third kappa shape index (κ3) is 9.84. The van der Waals surface area contributed by atoms with Crippen molar-refractivity contribution in [2.24, 2.45) is 5.73 Å². The molecule has 0 fully saturated rings. The Morgan fingerprint density at radius 2 is 1.15 bits per heavy atom. The Hall–Kier alpha value is -0.710. The first-order valence-corrected chi connectivity index (χ1v) is 10.9. The number of primary amides is 1. The number of nitrogens with zero attached hydrogens (tertiary/aromatic N) is 4. The highest BCUT2D eigenvalue weighted by atomic mass is 32.2. The number of thiol groups is 1. The normalized spacial score (nSPS) is 11.8. The van der Waals surface area contributed by atoms with Crippen LogP contribution in [0.5, 0.6) is 0 Å². The van der Waals surface area contributed by atoms with E-state index < -0.39 is 24.6 Å². The summed E-state index contributed by atoms with van der Waals surface area (Å²) in [7, 11) is 7.40. The summed E-state index contributed by atoms with van der Waals surface area (Å²) in [4.78, 5) is 9.37. The average molecular weight is 421 g/mol. The fourth-order valence-corrected chi connectivity index (χ4v) is 4.93. The van der Waals surface area contributed by atoms with Crippen LogP contribution in [0, 0.1) is 0 Å². The highest BCUT2D eigenvalue weighted by Crippen LogP contribution is 2.50. The average Bonchev–Trinajstić information content (AvgIpc) is 2.56. The van der Waals surface area contributed by atoms with Crippen molar-refractivity contribution in [3.8, 4) is 0 Å². The van der Waals surface area contributed by atoms with Gasteiger partial charge < -0.3 is 10.5 Å². The molecule has 0 radical (unpaired) electrons. The zero-order chi connectivity index (χ0) is 21.7. The van der Waals surface area contributed by atoms with Gasteiger partial charge >= 0.3 is 6.09 Å². The van der Waals surface area contributed by atoms with Crippen LogP contribution in [-0.2, 0) is 20.2 Å². The molecule has 0 aliphatic carbocycles. The van der Waals surface area contributed by atoms with Gasteiger partial charge in [0.25, 0.3) is 18.5 Å². The van der Waals surface area contributed by atoms with E-state index in [9.17, 15) is 17.8 Å². The van der Waals surface area contributed by atoms with Gasteiger partial charge in [-0.25, -0.2) is 22.7 Å². The van der Waals surface area contributed by atoms with Crippen LogP contribution in [-0.4, -0.2) is 101 Å². The highest BCUT2D eigenvalue weighted by molar-refractivity contribution is 7.66. The smallest absolute Gasteiger partial charge is 0.404 e. The quantitative estimate of drug-likeness (QED) is 0.355. The lowest BCUT2D eigenvalue weighted by atomic mass is 10.5. The maximum Gasteiger partial charge on any atom is 0.404 e. The molecular weight excluding hydrogens is 381 g/mol. The van der Waals surface area contributed by atoms with Crippen molar-refractivity contribution in [3.63, 3.8) is 0 Å². The molecule has 0 spiro atoms. The number of hydrogen-bond donors (Lipinski definition) is 2. The summed E-state index contributed by atoms with van der Waals surface area (Å²) >= 11 is 0. The fraction of sp³-hybridized carbons (Fsp3) is 0.929. The number of nitrogens with two attached hydrogens (primary N) is 1. The molecule has 160 valence electrons. The van der Waals surface area contributed by atoms with Crippen molar-refractivity contribution in [2.45, 2.75) is 20.8 Å². The van der Waals surface area contributed by atoms with Crippen molar-refractivity contribution in [2.75, 3.05) is 69.0 Å². The first-order chi connectivity index (χ1) is 11.7. The minimum absolute atomic E-state index is 0.218. The van der Waals surface area contributed by atoms with E-state index in [1.165, 1.54) is 7.11 Å². The molecule has 1 amide bonds. The van der Waals surface area contributed by atoms with Crippen LogP contribution in [0.3, 0.4) is 0 Å². The largest absolute Gasteiger partial charge is 0.453 e. The van der Waals surface area contributed by atoms with Crippen LogP contribution in [0.15, 0.2) is 0 Å². The molecule has 10 nitrogen and oxygen atoms in total. The van der Waals surface area contributed by atoms with E-state index in [0.717, 1.165) is 0 Å². The number of methoxy groups -OCH3 is 1. The molecule has 0 bridgehead atoms. The first kappa shape index (κ1) is 30.0. The van der Waals surface area contributed by atoms with Gasteiger partial charge in [-0.1, -0.05) is 0 Å². The summed E-state index contributed by atoms with van der Waals surface area (Å²) in [6.07, 6.45) is -0.745. The molecule has 0 saturated heterocycles. The topological polar surface area (TPSA) is 113 Å². The second kappa shape index (κ2) is 14.4. The van der Waals surface area contributed by atoms with Gasteiger partial charge in [-0.15, -0.1) is 0 Å². The Labute approximate surface area is 161 Å². The fourth-order valence-electron chi connectivity index (χ4n) is 2.09. The maximum atomic E-state index is 12.1. The summed E-state index contributed by atoms with van der Waals surface area (Å²) in [5, 5.41) is 0.